The SMILES string of the molecule is NC(=O)CCC(N)CC(N)=O. The summed E-state index contributed by atoms with van der Waals surface area (Å²) in [5.74, 6) is -0.869. The summed E-state index contributed by atoms with van der Waals surface area (Å²) < 4.78 is 0. The third-order valence-electron chi connectivity index (χ3n) is 1.22. The van der Waals surface area contributed by atoms with E-state index in [1.165, 1.54) is 0 Å². The molecular weight excluding hydrogens is 146 g/mol. The van der Waals surface area contributed by atoms with E-state index in [1.807, 2.05) is 0 Å². The summed E-state index contributed by atoms with van der Waals surface area (Å²) in [4.78, 5) is 20.5. The van der Waals surface area contributed by atoms with Crippen LogP contribution in [0.3, 0.4) is 0 Å². The summed E-state index contributed by atoms with van der Waals surface area (Å²) in [6.45, 7) is 0. The lowest BCUT2D eigenvalue weighted by Crippen LogP contribution is -2.28. The lowest BCUT2D eigenvalue weighted by Gasteiger charge is -2.06. The molecule has 0 aliphatic rings. The summed E-state index contributed by atoms with van der Waals surface area (Å²) in [6.07, 6.45) is 0.722. The van der Waals surface area contributed by atoms with Crippen LogP contribution in [0.25, 0.3) is 0 Å². The molecule has 0 saturated heterocycles. The molecule has 0 aliphatic heterocycles. The second kappa shape index (κ2) is 4.68. The summed E-state index contributed by atoms with van der Waals surface area (Å²) in [5, 5.41) is 0. The molecular formula is C6H13N3O2. The molecule has 0 rings (SSSR count). The van der Waals surface area contributed by atoms with Gasteiger partial charge in [0.25, 0.3) is 0 Å². The van der Waals surface area contributed by atoms with E-state index in [-0.39, 0.29) is 18.9 Å². The minimum Gasteiger partial charge on any atom is -0.370 e. The first kappa shape index (κ1) is 9.90. The topological polar surface area (TPSA) is 112 Å². The van der Waals surface area contributed by atoms with Crippen LogP contribution in [0.15, 0.2) is 0 Å². The molecule has 0 aromatic rings. The summed E-state index contributed by atoms with van der Waals surface area (Å²) in [7, 11) is 0. The quantitative estimate of drug-likeness (QED) is 0.451. The van der Waals surface area contributed by atoms with Crippen molar-refractivity contribution in [2.75, 3.05) is 0 Å². The Balaban J connectivity index is 3.44. The molecule has 0 fully saturated rings. The summed E-state index contributed by atoms with van der Waals surface area (Å²) in [5.41, 5.74) is 15.1. The number of hydrogen-bond donors (Lipinski definition) is 3. The maximum absolute atomic E-state index is 10.3. The molecule has 11 heavy (non-hydrogen) atoms. The molecule has 0 spiro atoms. The highest BCUT2D eigenvalue weighted by molar-refractivity contribution is 5.75. The van der Waals surface area contributed by atoms with Crippen molar-refractivity contribution >= 4 is 11.8 Å². The third-order valence-corrected chi connectivity index (χ3v) is 1.22. The molecule has 0 aliphatic carbocycles. The smallest absolute Gasteiger partial charge is 0.218 e. The van der Waals surface area contributed by atoms with Gasteiger partial charge in [-0.1, -0.05) is 0 Å². The van der Waals surface area contributed by atoms with Gasteiger partial charge in [0.15, 0.2) is 0 Å². The zero-order valence-electron chi connectivity index (χ0n) is 6.25. The van der Waals surface area contributed by atoms with Crippen LogP contribution in [-0.2, 0) is 9.59 Å². The molecule has 0 bridgehead atoms. The van der Waals surface area contributed by atoms with Crippen LogP contribution in [0.5, 0.6) is 0 Å². The van der Waals surface area contributed by atoms with Crippen LogP contribution in [-0.4, -0.2) is 17.9 Å². The van der Waals surface area contributed by atoms with Crippen molar-refractivity contribution in [3.8, 4) is 0 Å². The van der Waals surface area contributed by atoms with Gasteiger partial charge < -0.3 is 17.2 Å². The highest BCUT2D eigenvalue weighted by Gasteiger charge is 2.07. The number of rotatable bonds is 5. The lowest BCUT2D eigenvalue weighted by molar-refractivity contribution is -0.120. The van der Waals surface area contributed by atoms with Gasteiger partial charge in [-0.15, -0.1) is 0 Å². The molecule has 5 heteroatoms. The van der Waals surface area contributed by atoms with Gasteiger partial charge in [0.1, 0.15) is 0 Å². The van der Waals surface area contributed by atoms with Crippen molar-refractivity contribution in [3.63, 3.8) is 0 Å². The summed E-state index contributed by atoms with van der Waals surface area (Å²) >= 11 is 0. The van der Waals surface area contributed by atoms with E-state index >= 15 is 0 Å². The molecule has 0 radical (unpaired) electrons. The van der Waals surface area contributed by atoms with Crippen molar-refractivity contribution < 1.29 is 9.59 Å². The highest BCUT2D eigenvalue weighted by atomic mass is 16.1. The first-order chi connectivity index (χ1) is 5.02. The minimum atomic E-state index is -0.457. The molecule has 0 heterocycles. The molecule has 0 saturated carbocycles. The van der Waals surface area contributed by atoms with Crippen molar-refractivity contribution in [2.45, 2.75) is 25.3 Å². The second-order valence-electron chi connectivity index (χ2n) is 2.44. The molecule has 64 valence electrons. The largest absolute Gasteiger partial charge is 0.370 e. The predicted molar refractivity (Wildman–Crippen MR) is 40.2 cm³/mol. The maximum Gasteiger partial charge on any atom is 0.218 e. The van der Waals surface area contributed by atoms with Crippen molar-refractivity contribution in [1.82, 2.24) is 0 Å². The number of nitrogens with two attached hydrogens (primary N) is 3. The Hall–Kier alpha value is -1.10. The number of carbonyl (C=O) groups excluding carboxylic acids is 2. The fraction of sp³-hybridized carbons (Fsp3) is 0.667. The molecule has 2 amide bonds. The average Bonchev–Trinajstić information content (AvgIpc) is 1.82. The van der Waals surface area contributed by atoms with E-state index < -0.39 is 11.8 Å². The number of amides is 2. The number of hydrogen-bond acceptors (Lipinski definition) is 3. The first-order valence-electron chi connectivity index (χ1n) is 3.34. The van der Waals surface area contributed by atoms with Crippen LogP contribution in [0.4, 0.5) is 0 Å². The molecule has 0 aromatic carbocycles. The van der Waals surface area contributed by atoms with Gasteiger partial charge in [0.2, 0.25) is 11.8 Å². The maximum atomic E-state index is 10.3. The van der Waals surface area contributed by atoms with Crippen LogP contribution in [0.1, 0.15) is 19.3 Å². The Kier molecular flexibility index (Phi) is 4.21. The fourth-order valence-corrected chi connectivity index (χ4v) is 0.688. The molecule has 1 unspecified atom stereocenters. The van der Waals surface area contributed by atoms with E-state index in [4.69, 9.17) is 17.2 Å². The van der Waals surface area contributed by atoms with Gasteiger partial charge >= 0.3 is 0 Å². The van der Waals surface area contributed by atoms with Gasteiger partial charge in [0.05, 0.1) is 0 Å². The van der Waals surface area contributed by atoms with Crippen LogP contribution in [0.2, 0.25) is 0 Å². The van der Waals surface area contributed by atoms with Gasteiger partial charge in [0, 0.05) is 18.9 Å². The van der Waals surface area contributed by atoms with Crippen LogP contribution < -0.4 is 17.2 Å². The average molecular weight is 159 g/mol. The zero-order valence-corrected chi connectivity index (χ0v) is 6.25. The number of carbonyl (C=O) groups is 2. The Morgan fingerprint density at radius 2 is 1.73 bits per heavy atom. The highest BCUT2D eigenvalue weighted by Crippen LogP contribution is 1.96. The van der Waals surface area contributed by atoms with E-state index in [2.05, 4.69) is 0 Å². The Morgan fingerprint density at radius 1 is 1.18 bits per heavy atom. The Bertz CT molecular complexity index is 158. The second-order valence-corrected chi connectivity index (χ2v) is 2.44. The fourth-order valence-electron chi connectivity index (χ4n) is 0.688. The number of primary amides is 2. The normalized spacial score (nSPS) is 12.5. The van der Waals surface area contributed by atoms with Crippen LogP contribution in [0, 0.1) is 0 Å². The van der Waals surface area contributed by atoms with Crippen molar-refractivity contribution in [3.05, 3.63) is 0 Å². The van der Waals surface area contributed by atoms with Crippen LogP contribution >= 0.6 is 0 Å². The van der Waals surface area contributed by atoms with Gasteiger partial charge in [-0.2, -0.15) is 0 Å². The first-order valence-corrected chi connectivity index (χ1v) is 3.34. The van der Waals surface area contributed by atoms with E-state index in [1.54, 1.807) is 0 Å². The van der Waals surface area contributed by atoms with Gasteiger partial charge in [-0.05, 0) is 6.42 Å². The third kappa shape index (κ3) is 6.79. The molecule has 1 atom stereocenters. The zero-order chi connectivity index (χ0) is 8.85. The van der Waals surface area contributed by atoms with E-state index in [0.717, 1.165) is 0 Å². The lowest BCUT2D eigenvalue weighted by atomic mass is 10.1. The van der Waals surface area contributed by atoms with E-state index in [9.17, 15) is 9.59 Å². The molecule has 5 nitrogen and oxygen atoms in total. The summed E-state index contributed by atoms with van der Waals surface area (Å²) in [6, 6.07) is -0.347. The Morgan fingerprint density at radius 3 is 2.09 bits per heavy atom. The van der Waals surface area contributed by atoms with Gasteiger partial charge in [-0.25, -0.2) is 0 Å². The van der Waals surface area contributed by atoms with E-state index in [0.29, 0.717) is 6.42 Å². The minimum absolute atomic E-state index is 0.104. The molecule has 6 N–H and O–H groups in total. The van der Waals surface area contributed by atoms with Gasteiger partial charge in [-0.3, -0.25) is 9.59 Å². The molecule has 0 aromatic heterocycles. The standard InChI is InChI=1S/C6H13N3O2/c7-4(3-6(9)11)1-2-5(8)10/h4H,1-3,7H2,(H2,8,10)(H2,9,11). The van der Waals surface area contributed by atoms with Crippen molar-refractivity contribution in [2.24, 2.45) is 17.2 Å². The Labute approximate surface area is 64.9 Å². The van der Waals surface area contributed by atoms with Crippen molar-refractivity contribution in [1.29, 1.82) is 0 Å². The predicted octanol–water partition coefficient (Wildman–Crippen LogP) is -1.55. The monoisotopic (exact) mass is 159 g/mol.